The van der Waals surface area contributed by atoms with Gasteiger partial charge < -0.3 is 5.73 Å². The van der Waals surface area contributed by atoms with Gasteiger partial charge in [-0.25, -0.2) is 0 Å². The summed E-state index contributed by atoms with van der Waals surface area (Å²) in [7, 11) is 0. The highest BCUT2D eigenvalue weighted by atomic mass is 16.1. The van der Waals surface area contributed by atoms with Crippen LogP contribution < -0.4 is 5.73 Å². The lowest BCUT2D eigenvalue weighted by atomic mass is 9.99. The predicted octanol–water partition coefficient (Wildman–Crippen LogP) is 0.954. The Labute approximate surface area is 68.2 Å². The summed E-state index contributed by atoms with van der Waals surface area (Å²) in [6.07, 6.45) is 6.84. The highest BCUT2D eigenvalue weighted by Crippen LogP contribution is 2.05. The molecule has 11 heavy (non-hydrogen) atoms. The lowest BCUT2D eigenvalue weighted by molar-refractivity contribution is -0.122. The standard InChI is InChI=1S/C9H15NO/c1-3-4-5-9(11)8(2)6-7-10/h1,8H,4-7,10H2,2H3. The summed E-state index contributed by atoms with van der Waals surface area (Å²) in [5.74, 6) is 2.75. The number of hydrogen-bond acceptors (Lipinski definition) is 2. The van der Waals surface area contributed by atoms with Crippen molar-refractivity contribution in [3.05, 3.63) is 0 Å². The highest BCUT2D eigenvalue weighted by Gasteiger charge is 2.09. The van der Waals surface area contributed by atoms with Crippen LogP contribution >= 0.6 is 0 Å². The van der Waals surface area contributed by atoms with Crippen LogP contribution in [0.25, 0.3) is 0 Å². The molecular weight excluding hydrogens is 138 g/mol. The Hall–Kier alpha value is -0.810. The Morgan fingerprint density at radius 3 is 2.82 bits per heavy atom. The third-order valence-corrected chi connectivity index (χ3v) is 1.67. The van der Waals surface area contributed by atoms with Crippen molar-refractivity contribution in [1.29, 1.82) is 0 Å². The largest absolute Gasteiger partial charge is 0.330 e. The third kappa shape index (κ3) is 4.58. The summed E-state index contributed by atoms with van der Waals surface area (Å²) in [5.41, 5.74) is 5.30. The number of ketones is 1. The predicted molar refractivity (Wildman–Crippen MR) is 45.9 cm³/mol. The molecule has 0 aromatic carbocycles. The molecule has 0 saturated carbocycles. The summed E-state index contributed by atoms with van der Waals surface area (Å²) in [5, 5.41) is 0. The van der Waals surface area contributed by atoms with Crippen molar-refractivity contribution in [3.8, 4) is 12.3 Å². The Kier molecular flexibility index (Phi) is 5.50. The van der Waals surface area contributed by atoms with Crippen LogP contribution in [-0.4, -0.2) is 12.3 Å². The van der Waals surface area contributed by atoms with Crippen LogP contribution in [0, 0.1) is 18.3 Å². The van der Waals surface area contributed by atoms with Gasteiger partial charge in [-0.3, -0.25) is 4.79 Å². The van der Waals surface area contributed by atoms with E-state index in [0.717, 1.165) is 6.42 Å². The number of rotatable bonds is 5. The average Bonchev–Trinajstić information content (AvgIpc) is 2.00. The molecule has 62 valence electrons. The van der Waals surface area contributed by atoms with E-state index in [1.807, 2.05) is 6.92 Å². The van der Waals surface area contributed by atoms with Crippen molar-refractivity contribution in [2.45, 2.75) is 26.2 Å². The van der Waals surface area contributed by atoms with Crippen LogP contribution in [0.15, 0.2) is 0 Å². The quantitative estimate of drug-likeness (QED) is 0.598. The molecule has 0 fully saturated rings. The lowest BCUT2D eigenvalue weighted by Crippen LogP contribution is -2.14. The summed E-state index contributed by atoms with van der Waals surface area (Å²) >= 11 is 0. The molecule has 2 heteroatoms. The van der Waals surface area contributed by atoms with Gasteiger partial charge in [-0.1, -0.05) is 6.92 Å². The van der Waals surface area contributed by atoms with Gasteiger partial charge in [0.05, 0.1) is 0 Å². The van der Waals surface area contributed by atoms with Gasteiger partial charge in [0.2, 0.25) is 0 Å². The summed E-state index contributed by atoms with van der Waals surface area (Å²) in [6.45, 7) is 2.47. The second-order valence-corrected chi connectivity index (χ2v) is 2.65. The molecule has 2 nitrogen and oxygen atoms in total. The van der Waals surface area contributed by atoms with Crippen LogP contribution in [0.1, 0.15) is 26.2 Å². The smallest absolute Gasteiger partial charge is 0.136 e. The zero-order chi connectivity index (χ0) is 8.69. The Morgan fingerprint density at radius 2 is 2.36 bits per heavy atom. The van der Waals surface area contributed by atoms with Crippen LogP contribution in [0.4, 0.5) is 0 Å². The number of carbonyl (C=O) groups excluding carboxylic acids is 1. The average molecular weight is 153 g/mol. The first-order valence-electron chi connectivity index (χ1n) is 3.88. The number of carbonyl (C=O) groups is 1. The van der Waals surface area contributed by atoms with E-state index in [4.69, 9.17) is 12.2 Å². The zero-order valence-corrected chi connectivity index (χ0v) is 6.97. The monoisotopic (exact) mass is 153 g/mol. The molecule has 0 rings (SSSR count). The minimum atomic E-state index is 0.0772. The number of terminal acetylenes is 1. The Balaban J connectivity index is 3.57. The molecule has 0 aliphatic carbocycles. The fraction of sp³-hybridized carbons (Fsp3) is 0.667. The second-order valence-electron chi connectivity index (χ2n) is 2.65. The van der Waals surface area contributed by atoms with Gasteiger partial charge in [0.1, 0.15) is 5.78 Å². The summed E-state index contributed by atoms with van der Waals surface area (Å²) in [4.78, 5) is 11.1. The van der Waals surface area contributed by atoms with E-state index in [-0.39, 0.29) is 11.7 Å². The number of Topliss-reactive ketones (excluding diaryl/α,β-unsaturated/α-hetero) is 1. The van der Waals surface area contributed by atoms with E-state index in [2.05, 4.69) is 5.92 Å². The summed E-state index contributed by atoms with van der Waals surface area (Å²) in [6, 6.07) is 0. The minimum absolute atomic E-state index is 0.0772. The van der Waals surface area contributed by atoms with Crippen molar-refractivity contribution in [2.24, 2.45) is 11.7 Å². The molecule has 0 spiro atoms. The van der Waals surface area contributed by atoms with Crippen molar-refractivity contribution in [1.82, 2.24) is 0 Å². The van der Waals surface area contributed by atoms with Gasteiger partial charge >= 0.3 is 0 Å². The normalized spacial score (nSPS) is 12.1. The van der Waals surface area contributed by atoms with Crippen molar-refractivity contribution >= 4 is 5.78 Å². The first-order chi connectivity index (χ1) is 5.22. The molecule has 2 N–H and O–H groups in total. The topological polar surface area (TPSA) is 43.1 Å². The van der Waals surface area contributed by atoms with Gasteiger partial charge in [0.15, 0.2) is 0 Å². The third-order valence-electron chi connectivity index (χ3n) is 1.67. The Bertz CT molecular complexity index is 157. The maximum atomic E-state index is 11.1. The molecule has 1 atom stereocenters. The molecule has 0 aliphatic heterocycles. The molecule has 0 aromatic heterocycles. The van der Waals surface area contributed by atoms with E-state index in [9.17, 15) is 4.79 Å². The van der Waals surface area contributed by atoms with E-state index in [0.29, 0.717) is 19.4 Å². The van der Waals surface area contributed by atoms with Gasteiger partial charge in [0, 0.05) is 18.8 Å². The zero-order valence-electron chi connectivity index (χ0n) is 6.97. The maximum absolute atomic E-state index is 11.1. The minimum Gasteiger partial charge on any atom is -0.330 e. The molecular formula is C9H15NO. The van der Waals surface area contributed by atoms with Crippen molar-refractivity contribution in [3.63, 3.8) is 0 Å². The van der Waals surface area contributed by atoms with Crippen LogP contribution in [0.5, 0.6) is 0 Å². The van der Waals surface area contributed by atoms with E-state index >= 15 is 0 Å². The maximum Gasteiger partial charge on any atom is 0.136 e. The first-order valence-corrected chi connectivity index (χ1v) is 3.88. The van der Waals surface area contributed by atoms with E-state index < -0.39 is 0 Å². The van der Waals surface area contributed by atoms with Crippen LogP contribution in [0.2, 0.25) is 0 Å². The molecule has 0 heterocycles. The number of nitrogens with two attached hydrogens (primary N) is 1. The molecule has 0 bridgehead atoms. The van der Waals surface area contributed by atoms with Gasteiger partial charge in [-0.05, 0) is 13.0 Å². The van der Waals surface area contributed by atoms with Gasteiger partial charge in [-0.15, -0.1) is 12.3 Å². The second kappa shape index (κ2) is 5.94. The molecule has 0 aliphatic rings. The van der Waals surface area contributed by atoms with E-state index in [1.165, 1.54) is 0 Å². The van der Waals surface area contributed by atoms with Crippen LogP contribution in [-0.2, 0) is 4.79 Å². The summed E-state index contributed by atoms with van der Waals surface area (Å²) < 4.78 is 0. The lowest BCUT2D eigenvalue weighted by Gasteiger charge is -2.06. The first kappa shape index (κ1) is 10.2. The Morgan fingerprint density at radius 1 is 1.73 bits per heavy atom. The van der Waals surface area contributed by atoms with Gasteiger partial charge in [0.25, 0.3) is 0 Å². The molecule has 0 aromatic rings. The van der Waals surface area contributed by atoms with Crippen molar-refractivity contribution in [2.75, 3.05) is 6.54 Å². The van der Waals surface area contributed by atoms with E-state index in [1.54, 1.807) is 0 Å². The fourth-order valence-electron chi connectivity index (χ4n) is 0.853. The fourth-order valence-corrected chi connectivity index (χ4v) is 0.853. The van der Waals surface area contributed by atoms with Crippen molar-refractivity contribution < 1.29 is 4.79 Å². The molecule has 0 amide bonds. The molecule has 0 radical (unpaired) electrons. The number of hydrogen-bond donors (Lipinski definition) is 1. The van der Waals surface area contributed by atoms with Gasteiger partial charge in [-0.2, -0.15) is 0 Å². The highest BCUT2D eigenvalue weighted by molar-refractivity contribution is 5.80. The SMILES string of the molecule is C#CCCC(=O)C(C)CCN. The van der Waals surface area contributed by atoms with Crippen LogP contribution in [0.3, 0.4) is 0 Å². The molecule has 0 saturated heterocycles. The molecule has 1 unspecified atom stereocenters.